The van der Waals surface area contributed by atoms with Crippen molar-refractivity contribution < 1.29 is 4.42 Å². The summed E-state index contributed by atoms with van der Waals surface area (Å²) in [6.45, 7) is 9.19. The average molecular weight is 279 g/mol. The van der Waals surface area contributed by atoms with E-state index in [0.717, 1.165) is 22.9 Å². The van der Waals surface area contributed by atoms with E-state index in [0.29, 0.717) is 6.04 Å². The molecule has 4 nitrogen and oxygen atoms in total. The van der Waals surface area contributed by atoms with Gasteiger partial charge in [0.15, 0.2) is 0 Å². The van der Waals surface area contributed by atoms with E-state index < -0.39 is 0 Å². The Morgan fingerprint density at radius 2 is 2.16 bits per heavy atom. The highest BCUT2D eigenvalue weighted by molar-refractivity contribution is 7.99. The van der Waals surface area contributed by atoms with Crippen LogP contribution in [0.25, 0.3) is 0 Å². The fraction of sp³-hybridized carbons (Fsp3) is 0.500. The van der Waals surface area contributed by atoms with Crippen LogP contribution in [0.3, 0.4) is 0 Å². The number of aryl methyl sites for hydroxylation is 3. The fourth-order valence-electron chi connectivity index (χ4n) is 1.90. The predicted molar refractivity (Wildman–Crippen MR) is 77.5 cm³/mol. The lowest BCUT2D eigenvalue weighted by Gasteiger charge is -2.09. The molecule has 1 N–H and O–H groups in total. The molecule has 0 fully saturated rings. The molecule has 0 saturated heterocycles. The van der Waals surface area contributed by atoms with E-state index >= 15 is 0 Å². The molecule has 0 bridgehead atoms. The fourth-order valence-corrected chi connectivity index (χ4v) is 2.94. The summed E-state index contributed by atoms with van der Waals surface area (Å²) < 4.78 is 7.30. The second-order valence-electron chi connectivity index (χ2n) is 4.97. The highest BCUT2D eigenvalue weighted by Crippen LogP contribution is 2.34. The Morgan fingerprint density at radius 1 is 1.42 bits per heavy atom. The SMILES string of the molecule is Cc1nn(C)c(Sc2ccoc2C)c1CNC(C)C. The summed E-state index contributed by atoms with van der Waals surface area (Å²) in [7, 11) is 1.99. The van der Waals surface area contributed by atoms with Crippen LogP contribution in [-0.2, 0) is 13.6 Å². The van der Waals surface area contributed by atoms with Crippen molar-refractivity contribution in [1.29, 1.82) is 0 Å². The zero-order valence-electron chi connectivity index (χ0n) is 12.2. The van der Waals surface area contributed by atoms with Gasteiger partial charge in [0, 0.05) is 25.2 Å². The van der Waals surface area contributed by atoms with Crippen molar-refractivity contribution in [2.24, 2.45) is 7.05 Å². The van der Waals surface area contributed by atoms with Crippen molar-refractivity contribution in [3.8, 4) is 0 Å². The average Bonchev–Trinajstić information content (AvgIpc) is 2.83. The highest BCUT2D eigenvalue weighted by Gasteiger charge is 2.16. The molecule has 0 atom stereocenters. The Labute approximate surface area is 118 Å². The summed E-state index contributed by atoms with van der Waals surface area (Å²) in [5.41, 5.74) is 2.35. The van der Waals surface area contributed by atoms with Gasteiger partial charge in [-0.1, -0.05) is 25.6 Å². The van der Waals surface area contributed by atoms with Gasteiger partial charge in [-0.2, -0.15) is 5.10 Å². The van der Waals surface area contributed by atoms with Crippen LogP contribution in [0, 0.1) is 13.8 Å². The van der Waals surface area contributed by atoms with Gasteiger partial charge in [0.2, 0.25) is 0 Å². The maximum absolute atomic E-state index is 5.36. The number of furan rings is 1. The molecule has 0 aliphatic rings. The topological polar surface area (TPSA) is 43.0 Å². The monoisotopic (exact) mass is 279 g/mol. The second kappa shape index (κ2) is 5.84. The van der Waals surface area contributed by atoms with Gasteiger partial charge in [-0.25, -0.2) is 0 Å². The molecule has 0 radical (unpaired) electrons. The van der Waals surface area contributed by atoms with E-state index in [2.05, 4.69) is 31.2 Å². The van der Waals surface area contributed by atoms with Crippen LogP contribution in [0.2, 0.25) is 0 Å². The molecule has 2 rings (SSSR count). The largest absolute Gasteiger partial charge is 0.468 e. The van der Waals surface area contributed by atoms with Crippen molar-refractivity contribution in [3.63, 3.8) is 0 Å². The van der Waals surface area contributed by atoms with Crippen molar-refractivity contribution in [2.45, 2.75) is 50.2 Å². The van der Waals surface area contributed by atoms with Crippen LogP contribution < -0.4 is 5.32 Å². The first-order valence-electron chi connectivity index (χ1n) is 6.46. The summed E-state index contributed by atoms with van der Waals surface area (Å²) in [4.78, 5) is 1.15. The number of nitrogens with zero attached hydrogens (tertiary/aromatic N) is 2. The molecule has 0 unspecified atom stereocenters. The highest BCUT2D eigenvalue weighted by atomic mass is 32.2. The standard InChI is InChI=1S/C14H21N3OS/c1-9(2)15-8-12-10(3)16-17(5)14(12)19-13-6-7-18-11(13)4/h6-7,9,15H,8H2,1-5H3. The van der Waals surface area contributed by atoms with Crippen LogP contribution in [0.15, 0.2) is 26.7 Å². The van der Waals surface area contributed by atoms with Gasteiger partial charge in [0.1, 0.15) is 10.8 Å². The lowest BCUT2D eigenvalue weighted by molar-refractivity contribution is 0.526. The third-order valence-electron chi connectivity index (χ3n) is 2.99. The quantitative estimate of drug-likeness (QED) is 0.912. The Balaban J connectivity index is 2.26. The Kier molecular flexibility index (Phi) is 4.37. The summed E-state index contributed by atoms with van der Waals surface area (Å²) in [6.07, 6.45) is 1.73. The second-order valence-corrected chi connectivity index (χ2v) is 6.00. The molecule has 0 aliphatic carbocycles. The number of hydrogen-bond acceptors (Lipinski definition) is 4. The maximum Gasteiger partial charge on any atom is 0.114 e. The van der Waals surface area contributed by atoms with E-state index in [-0.39, 0.29) is 0 Å². The first kappa shape index (κ1) is 14.2. The van der Waals surface area contributed by atoms with Crippen molar-refractivity contribution in [2.75, 3.05) is 0 Å². The van der Waals surface area contributed by atoms with Crippen molar-refractivity contribution in [3.05, 3.63) is 29.3 Å². The van der Waals surface area contributed by atoms with E-state index in [1.165, 1.54) is 10.6 Å². The number of hydrogen-bond donors (Lipinski definition) is 1. The summed E-state index contributed by atoms with van der Waals surface area (Å²) in [5.74, 6) is 0.951. The van der Waals surface area contributed by atoms with Crippen LogP contribution in [0.4, 0.5) is 0 Å². The van der Waals surface area contributed by atoms with E-state index in [1.54, 1.807) is 18.0 Å². The zero-order valence-corrected chi connectivity index (χ0v) is 13.0. The van der Waals surface area contributed by atoms with Crippen molar-refractivity contribution >= 4 is 11.8 Å². The van der Waals surface area contributed by atoms with Gasteiger partial charge in [0.05, 0.1) is 16.9 Å². The molecule has 5 heteroatoms. The lowest BCUT2D eigenvalue weighted by atomic mass is 10.2. The molecule has 0 aliphatic heterocycles. The van der Waals surface area contributed by atoms with Crippen LogP contribution in [0.5, 0.6) is 0 Å². The van der Waals surface area contributed by atoms with Crippen LogP contribution in [0.1, 0.15) is 30.9 Å². The van der Waals surface area contributed by atoms with Gasteiger partial charge in [-0.15, -0.1) is 0 Å². The van der Waals surface area contributed by atoms with Crippen molar-refractivity contribution in [1.82, 2.24) is 15.1 Å². The van der Waals surface area contributed by atoms with Gasteiger partial charge >= 0.3 is 0 Å². The maximum atomic E-state index is 5.36. The third-order valence-corrected chi connectivity index (χ3v) is 4.34. The summed E-state index contributed by atoms with van der Waals surface area (Å²) in [5, 5.41) is 9.16. The summed E-state index contributed by atoms with van der Waals surface area (Å²) in [6, 6.07) is 2.47. The smallest absolute Gasteiger partial charge is 0.114 e. The predicted octanol–water partition coefficient (Wildman–Crippen LogP) is 3.28. The lowest BCUT2D eigenvalue weighted by Crippen LogP contribution is -2.22. The minimum absolute atomic E-state index is 0.466. The molecular formula is C14H21N3OS. The van der Waals surface area contributed by atoms with Gasteiger partial charge in [0.25, 0.3) is 0 Å². The van der Waals surface area contributed by atoms with Crippen LogP contribution in [-0.4, -0.2) is 15.8 Å². The molecule has 0 saturated carbocycles. The molecule has 0 aromatic carbocycles. The first-order valence-corrected chi connectivity index (χ1v) is 7.28. The molecule has 19 heavy (non-hydrogen) atoms. The molecular weight excluding hydrogens is 258 g/mol. The Hall–Kier alpha value is -1.20. The Morgan fingerprint density at radius 3 is 2.74 bits per heavy atom. The number of nitrogens with one attached hydrogen (secondary N) is 1. The van der Waals surface area contributed by atoms with Gasteiger partial charge in [-0.05, 0) is 19.9 Å². The molecule has 0 spiro atoms. The third kappa shape index (κ3) is 3.22. The first-order chi connectivity index (χ1) is 8.99. The molecule has 104 valence electrons. The van der Waals surface area contributed by atoms with Crippen LogP contribution >= 0.6 is 11.8 Å². The molecule has 2 heterocycles. The minimum Gasteiger partial charge on any atom is -0.468 e. The molecule has 2 aromatic rings. The molecule has 0 amide bonds. The summed E-state index contributed by atoms with van der Waals surface area (Å²) >= 11 is 1.71. The molecule has 2 aromatic heterocycles. The number of rotatable bonds is 5. The van der Waals surface area contributed by atoms with E-state index in [1.807, 2.05) is 24.7 Å². The van der Waals surface area contributed by atoms with E-state index in [9.17, 15) is 0 Å². The Bertz CT molecular complexity index is 557. The van der Waals surface area contributed by atoms with Gasteiger partial charge in [-0.3, -0.25) is 4.68 Å². The minimum atomic E-state index is 0.466. The van der Waals surface area contributed by atoms with Gasteiger partial charge < -0.3 is 9.73 Å². The zero-order chi connectivity index (χ0) is 14.0. The number of aromatic nitrogens is 2. The normalized spacial score (nSPS) is 11.5. The van der Waals surface area contributed by atoms with E-state index in [4.69, 9.17) is 4.42 Å².